The maximum absolute atomic E-state index is 13.5. The summed E-state index contributed by atoms with van der Waals surface area (Å²) in [5.74, 6) is -0.344. The second-order valence-electron chi connectivity index (χ2n) is 6.76. The first-order chi connectivity index (χ1) is 14.0. The van der Waals surface area contributed by atoms with Crippen LogP contribution >= 0.6 is 0 Å². The van der Waals surface area contributed by atoms with E-state index in [9.17, 15) is 12.8 Å². The van der Waals surface area contributed by atoms with Crippen molar-refractivity contribution < 1.29 is 12.8 Å². The van der Waals surface area contributed by atoms with Crippen LogP contribution < -0.4 is 5.32 Å². The highest BCUT2D eigenvalue weighted by Crippen LogP contribution is 2.30. The predicted octanol–water partition coefficient (Wildman–Crippen LogP) is 5.11. The standard InChI is InChI=1S/C22H20FN3O2S/c1-2-5-16-15-26(29(27,28)20-8-4-11-24-14-20)22-13-19(9-10-21(16)22)25-18-7-3-6-17(23)12-18/h3-4,6-15,25H,2,5H2,1H3. The van der Waals surface area contributed by atoms with Gasteiger partial charge in [0.05, 0.1) is 5.52 Å². The highest BCUT2D eigenvalue weighted by atomic mass is 32.2. The summed E-state index contributed by atoms with van der Waals surface area (Å²) in [6, 6.07) is 14.8. The van der Waals surface area contributed by atoms with Crippen LogP contribution in [0.3, 0.4) is 0 Å². The Kier molecular flexibility index (Phi) is 5.07. The number of nitrogens with one attached hydrogen (secondary N) is 1. The molecule has 7 heteroatoms. The maximum atomic E-state index is 13.5. The molecule has 0 aliphatic carbocycles. The van der Waals surface area contributed by atoms with Crippen LogP contribution in [0, 0.1) is 5.82 Å². The molecule has 29 heavy (non-hydrogen) atoms. The molecule has 0 saturated carbocycles. The average Bonchev–Trinajstić information content (AvgIpc) is 3.08. The predicted molar refractivity (Wildman–Crippen MR) is 112 cm³/mol. The molecule has 0 aliphatic heterocycles. The zero-order chi connectivity index (χ0) is 20.4. The summed E-state index contributed by atoms with van der Waals surface area (Å²) >= 11 is 0. The van der Waals surface area contributed by atoms with Gasteiger partial charge in [0.2, 0.25) is 0 Å². The lowest BCUT2D eigenvalue weighted by Crippen LogP contribution is -2.12. The van der Waals surface area contributed by atoms with Crippen molar-refractivity contribution in [3.63, 3.8) is 0 Å². The smallest absolute Gasteiger partial charge is 0.269 e. The monoisotopic (exact) mass is 409 g/mol. The molecule has 0 fully saturated rings. The van der Waals surface area contributed by atoms with Gasteiger partial charge in [-0.15, -0.1) is 0 Å². The fourth-order valence-corrected chi connectivity index (χ4v) is 4.71. The topological polar surface area (TPSA) is 64.0 Å². The minimum absolute atomic E-state index is 0.128. The van der Waals surface area contributed by atoms with Crippen LogP contribution in [0.25, 0.3) is 10.9 Å². The molecule has 4 rings (SSSR count). The number of fused-ring (bicyclic) bond motifs is 1. The SMILES string of the molecule is CCCc1cn(S(=O)(=O)c2cccnc2)c2cc(Nc3cccc(F)c3)ccc12. The van der Waals surface area contributed by atoms with E-state index in [1.807, 2.05) is 12.1 Å². The Hall–Kier alpha value is -3.19. The van der Waals surface area contributed by atoms with Crippen molar-refractivity contribution in [2.75, 3.05) is 5.32 Å². The molecule has 0 amide bonds. The lowest BCUT2D eigenvalue weighted by Gasteiger charge is -2.10. The summed E-state index contributed by atoms with van der Waals surface area (Å²) < 4.78 is 41.3. The van der Waals surface area contributed by atoms with Gasteiger partial charge in [-0.25, -0.2) is 16.8 Å². The van der Waals surface area contributed by atoms with E-state index in [-0.39, 0.29) is 10.7 Å². The van der Waals surface area contributed by atoms with Gasteiger partial charge in [0.25, 0.3) is 10.0 Å². The molecule has 2 aromatic heterocycles. The third kappa shape index (κ3) is 3.73. The number of pyridine rings is 1. The second-order valence-corrected chi connectivity index (χ2v) is 8.58. The summed E-state index contributed by atoms with van der Waals surface area (Å²) in [5.41, 5.74) is 2.80. The van der Waals surface area contributed by atoms with E-state index in [0.717, 1.165) is 23.8 Å². The minimum Gasteiger partial charge on any atom is -0.355 e. The third-order valence-corrected chi connectivity index (χ3v) is 6.34. The van der Waals surface area contributed by atoms with E-state index < -0.39 is 10.0 Å². The van der Waals surface area contributed by atoms with Crippen molar-refractivity contribution in [3.05, 3.63) is 84.6 Å². The van der Waals surface area contributed by atoms with Crippen molar-refractivity contribution in [1.82, 2.24) is 8.96 Å². The Morgan fingerprint density at radius 3 is 2.62 bits per heavy atom. The molecule has 0 unspecified atom stereocenters. The molecule has 0 aliphatic rings. The Balaban J connectivity index is 1.85. The molecule has 2 heterocycles. The number of halogens is 1. The highest BCUT2D eigenvalue weighted by molar-refractivity contribution is 7.90. The molecule has 0 atom stereocenters. The molecule has 1 N–H and O–H groups in total. The molecule has 0 saturated heterocycles. The second kappa shape index (κ2) is 7.67. The first kappa shape index (κ1) is 19.1. The molecule has 5 nitrogen and oxygen atoms in total. The first-order valence-corrected chi connectivity index (χ1v) is 10.8. The van der Waals surface area contributed by atoms with Crippen LogP contribution in [0.5, 0.6) is 0 Å². The number of aromatic nitrogens is 2. The van der Waals surface area contributed by atoms with E-state index >= 15 is 0 Å². The van der Waals surface area contributed by atoms with Gasteiger partial charge < -0.3 is 5.32 Å². The molecule has 148 valence electrons. The van der Waals surface area contributed by atoms with Gasteiger partial charge >= 0.3 is 0 Å². The Labute approximate surface area is 168 Å². The van der Waals surface area contributed by atoms with Crippen LogP contribution in [-0.2, 0) is 16.4 Å². The number of rotatable bonds is 6. The van der Waals surface area contributed by atoms with Crippen LogP contribution in [0.2, 0.25) is 0 Å². The van der Waals surface area contributed by atoms with Gasteiger partial charge in [0.15, 0.2) is 0 Å². The largest absolute Gasteiger partial charge is 0.355 e. The number of nitrogens with zero attached hydrogens (tertiary/aromatic N) is 2. The minimum atomic E-state index is -3.79. The van der Waals surface area contributed by atoms with Gasteiger partial charge in [-0.3, -0.25) is 4.98 Å². The average molecular weight is 409 g/mol. The number of hydrogen-bond acceptors (Lipinski definition) is 4. The number of hydrogen-bond donors (Lipinski definition) is 1. The van der Waals surface area contributed by atoms with Crippen molar-refractivity contribution >= 4 is 32.3 Å². The van der Waals surface area contributed by atoms with E-state index in [4.69, 9.17) is 0 Å². The van der Waals surface area contributed by atoms with E-state index in [1.165, 1.54) is 34.6 Å². The number of benzene rings is 2. The molecular weight excluding hydrogens is 389 g/mol. The third-order valence-electron chi connectivity index (χ3n) is 4.68. The fourth-order valence-electron chi connectivity index (χ4n) is 3.36. The van der Waals surface area contributed by atoms with E-state index in [0.29, 0.717) is 16.9 Å². The lowest BCUT2D eigenvalue weighted by atomic mass is 10.1. The van der Waals surface area contributed by atoms with Crippen molar-refractivity contribution in [3.8, 4) is 0 Å². The van der Waals surface area contributed by atoms with Gasteiger partial charge in [-0.1, -0.05) is 25.5 Å². The Morgan fingerprint density at radius 2 is 1.90 bits per heavy atom. The number of aryl methyl sites for hydroxylation is 1. The van der Waals surface area contributed by atoms with Gasteiger partial charge in [0.1, 0.15) is 10.7 Å². The van der Waals surface area contributed by atoms with Crippen molar-refractivity contribution in [2.45, 2.75) is 24.7 Å². The molecule has 4 aromatic rings. The summed E-state index contributed by atoms with van der Waals surface area (Å²) in [6.45, 7) is 2.05. The first-order valence-electron chi connectivity index (χ1n) is 9.31. The molecule has 0 radical (unpaired) electrons. The van der Waals surface area contributed by atoms with Crippen LogP contribution in [0.4, 0.5) is 15.8 Å². The number of anilines is 2. The lowest BCUT2D eigenvalue weighted by molar-refractivity contribution is 0.588. The van der Waals surface area contributed by atoms with Crippen LogP contribution in [0.1, 0.15) is 18.9 Å². The van der Waals surface area contributed by atoms with Gasteiger partial charge in [-0.2, -0.15) is 0 Å². The maximum Gasteiger partial charge on any atom is 0.269 e. The van der Waals surface area contributed by atoms with Crippen molar-refractivity contribution in [1.29, 1.82) is 0 Å². The Bertz CT molecular complexity index is 1270. The van der Waals surface area contributed by atoms with Crippen LogP contribution in [-0.4, -0.2) is 17.4 Å². The zero-order valence-corrected chi connectivity index (χ0v) is 16.7. The van der Waals surface area contributed by atoms with E-state index in [2.05, 4.69) is 17.2 Å². The Morgan fingerprint density at radius 1 is 1.07 bits per heavy atom. The summed E-state index contributed by atoms with van der Waals surface area (Å²) in [5, 5.41) is 4.01. The highest BCUT2D eigenvalue weighted by Gasteiger charge is 2.21. The molecule has 2 aromatic carbocycles. The summed E-state index contributed by atoms with van der Waals surface area (Å²) in [4.78, 5) is 4.07. The van der Waals surface area contributed by atoms with Crippen molar-refractivity contribution in [2.24, 2.45) is 0 Å². The van der Waals surface area contributed by atoms with Crippen LogP contribution in [0.15, 0.2) is 78.1 Å². The fraction of sp³-hybridized carbons (Fsp3) is 0.136. The quantitative estimate of drug-likeness (QED) is 0.481. The summed E-state index contributed by atoms with van der Waals surface area (Å²) in [6.07, 6.45) is 6.23. The van der Waals surface area contributed by atoms with E-state index in [1.54, 1.807) is 30.5 Å². The van der Waals surface area contributed by atoms with Gasteiger partial charge in [-0.05, 0) is 54.4 Å². The molecular formula is C22H20FN3O2S. The zero-order valence-electron chi connectivity index (χ0n) is 15.8. The molecule has 0 bridgehead atoms. The summed E-state index contributed by atoms with van der Waals surface area (Å²) in [7, 11) is -3.79. The molecule has 0 spiro atoms. The normalized spacial score (nSPS) is 11.7. The van der Waals surface area contributed by atoms with Gasteiger partial charge in [0, 0.05) is 35.4 Å².